The van der Waals surface area contributed by atoms with E-state index in [1.165, 1.54) is 38.5 Å². The Hall–Kier alpha value is -0.830. The molecule has 5 rings (SSSR count). The van der Waals surface area contributed by atoms with Crippen LogP contribution in [0.5, 0.6) is 0 Å². The second-order valence-corrected chi connectivity index (χ2v) is 6.60. The van der Waals surface area contributed by atoms with Crippen molar-refractivity contribution in [2.24, 2.45) is 23.5 Å². The zero-order valence-electron chi connectivity index (χ0n) is 10.3. The molecule has 2 N–H and O–H groups in total. The Morgan fingerprint density at radius 3 is 2.24 bits per heavy atom. The van der Waals surface area contributed by atoms with Gasteiger partial charge in [-0.25, -0.2) is 0 Å². The molecule has 0 saturated heterocycles. The van der Waals surface area contributed by atoms with E-state index in [9.17, 15) is 0 Å². The summed E-state index contributed by atoms with van der Waals surface area (Å²) in [7, 11) is 0. The first kappa shape index (κ1) is 10.1. The first-order chi connectivity index (χ1) is 8.27. The van der Waals surface area contributed by atoms with Crippen LogP contribution >= 0.6 is 0 Å². The Morgan fingerprint density at radius 2 is 1.76 bits per heavy atom. The van der Waals surface area contributed by atoms with Crippen LogP contribution < -0.4 is 5.73 Å². The molecule has 1 heterocycles. The number of hydrogen-bond donors (Lipinski definition) is 1. The number of rotatable bonds is 2. The molecule has 4 fully saturated rings. The van der Waals surface area contributed by atoms with Crippen molar-refractivity contribution in [3.63, 3.8) is 0 Å². The third kappa shape index (κ3) is 1.41. The van der Waals surface area contributed by atoms with Crippen molar-refractivity contribution in [2.45, 2.75) is 50.6 Å². The molecule has 0 amide bonds. The monoisotopic (exact) mass is 231 g/mol. The first-order valence-electron chi connectivity index (χ1n) is 7.02. The van der Waals surface area contributed by atoms with Gasteiger partial charge in [-0.15, -0.1) is 0 Å². The molecule has 0 radical (unpaired) electrons. The van der Waals surface area contributed by atoms with E-state index in [0.717, 1.165) is 23.4 Å². The highest BCUT2D eigenvalue weighted by Gasteiger charge is 2.52. The minimum absolute atomic E-state index is 0.363. The van der Waals surface area contributed by atoms with E-state index in [1.54, 1.807) is 0 Å². The van der Waals surface area contributed by atoms with Crippen LogP contribution in [0.3, 0.4) is 0 Å². The SMILES string of the molecule is NCc1ccn(C23CC4CC(CC(C4)C2)C3)n1. The molecular formula is C14H21N3. The molecule has 3 nitrogen and oxygen atoms in total. The van der Waals surface area contributed by atoms with Crippen molar-refractivity contribution in [1.29, 1.82) is 0 Å². The zero-order valence-corrected chi connectivity index (χ0v) is 10.3. The van der Waals surface area contributed by atoms with Gasteiger partial charge in [-0.1, -0.05) is 0 Å². The van der Waals surface area contributed by atoms with Gasteiger partial charge in [0.05, 0.1) is 11.2 Å². The van der Waals surface area contributed by atoms with E-state index >= 15 is 0 Å². The van der Waals surface area contributed by atoms with Crippen molar-refractivity contribution in [2.75, 3.05) is 0 Å². The minimum atomic E-state index is 0.363. The number of nitrogens with two attached hydrogens (primary N) is 1. The summed E-state index contributed by atoms with van der Waals surface area (Å²) in [4.78, 5) is 0. The van der Waals surface area contributed by atoms with Crippen LogP contribution in [0.25, 0.3) is 0 Å². The topological polar surface area (TPSA) is 43.8 Å². The van der Waals surface area contributed by atoms with Crippen molar-refractivity contribution in [1.82, 2.24) is 9.78 Å². The highest BCUT2D eigenvalue weighted by Crippen LogP contribution is 2.58. The van der Waals surface area contributed by atoms with E-state index in [-0.39, 0.29) is 0 Å². The normalized spacial score (nSPS) is 43.2. The zero-order chi connectivity index (χ0) is 11.5. The summed E-state index contributed by atoms with van der Waals surface area (Å²) in [6.07, 6.45) is 10.7. The molecule has 4 aliphatic rings. The van der Waals surface area contributed by atoms with Gasteiger partial charge in [0.2, 0.25) is 0 Å². The van der Waals surface area contributed by atoms with E-state index in [0.29, 0.717) is 12.1 Å². The standard InChI is InChI=1S/C14H21N3/c15-9-13-1-2-17(16-13)14-6-10-3-11(7-14)5-12(4-10)8-14/h1-2,10-12H,3-9,15H2. The summed E-state index contributed by atoms with van der Waals surface area (Å²) < 4.78 is 2.28. The number of aromatic nitrogens is 2. The Morgan fingerprint density at radius 1 is 1.18 bits per heavy atom. The van der Waals surface area contributed by atoms with Crippen molar-refractivity contribution < 1.29 is 0 Å². The molecule has 92 valence electrons. The smallest absolute Gasteiger partial charge is 0.0760 e. The molecule has 4 aliphatic carbocycles. The summed E-state index contributed by atoms with van der Waals surface area (Å²) >= 11 is 0. The van der Waals surface area contributed by atoms with Crippen LogP contribution in [-0.2, 0) is 12.1 Å². The lowest BCUT2D eigenvalue weighted by Gasteiger charge is -2.56. The molecule has 0 aromatic carbocycles. The van der Waals surface area contributed by atoms with Gasteiger partial charge in [0.25, 0.3) is 0 Å². The average Bonchev–Trinajstić information content (AvgIpc) is 2.76. The van der Waals surface area contributed by atoms with Gasteiger partial charge in [-0.2, -0.15) is 5.10 Å². The highest BCUT2D eigenvalue weighted by atomic mass is 15.3. The molecule has 3 heteroatoms. The Labute approximate surface area is 102 Å². The second kappa shape index (κ2) is 3.35. The molecule has 0 atom stereocenters. The lowest BCUT2D eigenvalue weighted by molar-refractivity contribution is -0.0495. The van der Waals surface area contributed by atoms with Crippen molar-refractivity contribution in [3.8, 4) is 0 Å². The third-order valence-corrected chi connectivity index (χ3v) is 5.35. The van der Waals surface area contributed by atoms with E-state index in [4.69, 9.17) is 10.8 Å². The summed E-state index contributed by atoms with van der Waals surface area (Å²) in [5.74, 6) is 2.94. The third-order valence-electron chi connectivity index (χ3n) is 5.35. The molecule has 1 aromatic rings. The maximum absolute atomic E-state index is 5.68. The Kier molecular flexibility index (Phi) is 1.99. The Bertz CT molecular complexity index is 399. The highest BCUT2D eigenvalue weighted by molar-refractivity contribution is 5.08. The van der Waals surface area contributed by atoms with Crippen LogP contribution in [0, 0.1) is 17.8 Å². The van der Waals surface area contributed by atoms with Crippen molar-refractivity contribution >= 4 is 0 Å². The summed E-state index contributed by atoms with van der Waals surface area (Å²) in [6.45, 7) is 0.569. The van der Waals surface area contributed by atoms with Gasteiger partial charge in [0.1, 0.15) is 0 Å². The Balaban J connectivity index is 1.72. The second-order valence-electron chi connectivity index (χ2n) is 6.60. The van der Waals surface area contributed by atoms with Crippen LogP contribution in [0.1, 0.15) is 44.2 Å². The fourth-order valence-electron chi connectivity index (χ4n) is 5.08. The van der Waals surface area contributed by atoms with E-state index in [2.05, 4.69) is 16.9 Å². The van der Waals surface area contributed by atoms with E-state index in [1.807, 2.05) is 0 Å². The van der Waals surface area contributed by atoms with Crippen LogP contribution in [0.2, 0.25) is 0 Å². The number of nitrogens with zero attached hydrogens (tertiary/aromatic N) is 2. The molecule has 0 spiro atoms. The lowest BCUT2D eigenvalue weighted by atomic mass is 9.53. The predicted molar refractivity (Wildman–Crippen MR) is 66.3 cm³/mol. The average molecular weight is 231 g/mol. The van der Waals surface area contributed by atoms with Crippen LogP contribution in [0.15, 0.2) is 12.3 Å². The minimum Gasteiger partial charge on any atom is -0.325 e. The van der Waals surface area contributed by atoms with Gasteiger partial charge in [0, 0.05) is 12.7 Å². The molecule has 1 aromatic heterocycles. The molecule has 0 aliphatic heterocycles. The predicted octanol–water partition coefficient (Wildman–Crippen LogP) is 2.27. The van der Waals surface area contributed by atoms with Crippen LogP contribution in [0.4, 0.5) is 0 Å². The van der Waals surface area contributed by atoms with Gasteiger partial charge >= 0.3 is 0 Å². The molecule has 17 heavy (non-hydrogen) atoms. The fourth-order valence-corrected chi connectivity index (χ4v) is 5.08. The number of hydrogen-bond acceptors (Lipinski definition) is 2. The van der Waals surface area contributed by atoms with Gasteiger partial charge in [-0.05, 0) is 62.3 Å². The van der Waals surface area contributed by atoms with Crippen molar-refractivity contribution in [3.05, 3.63) is 18.0 Å². The first-order valence-corrected chi connectivity index (χ1v) is 7.02. The molecule has 4 bridgehead atoms. The molecule has 0 unspecified atom stereocenters. The van der Waals surface area contributed by atoms with E-state index < -0.39 is 0 Å². The van der Waals surface area contributed by atoms with Gasteiger partial charge in [0.15, 0.2) is 0 Å². The summed E-state index contributed by atoms with van der Waals surface area (Å²) in [6, 6.07) is 2.10. The van der Waals surface area contributed by atoms with Gasteiger partial charge in [-0.3, -0.25) is 4.68 Å². The van der Waals surface area contributed by atoms with Crippen LogP contribution in [-0.4, -0.2) is 9.78 Å². The molecular weight excluding hydrogens is 210 g/mol. The maximum atomic E-state index is 5.68. The lowest BCUT2D eigenvalue weighted by Crippen LogP contribution is -2.52. The fraction of sp³-hybridized carbons (Fsp3) is 0.786. The van der Waals surface area contributed by atoms with Gasteiger partial charge < -0.3 is 5.73 Å². The maximum Gasteiger partial charge on any atom is 0.0760 e. The summed E-state index contributed by atoms with van der Waals surface area (Å²) in [5, 5.41) is 4.71. The molecule has 4 saturated carbocycles. The summed E-state index contributed by atoms with van der Waals surface area (Å²) in [5.41, 5.74) is 7.08. The quantitative estimate of drug-likeness (QED) is 0.848. The largest absolute Gasteiger partial charge is 0.325 e.